The molecule has 3 N–H and O–H groups in total. The van der Waals surface area contributed by atoms with Gasteiger partial charge in [-0.05, 0) is 18.9 Å². The molecule has 0 amide bonds. The molecule has 0 aromatic carbocycles. The first kappa shape index (κ1) is 12.4. The van der Waals surface area contributed by atoms with Gasteiger partial charge in [0, 0.05) is 24.0 Å². The third-order valence-corrected chi connectivity index (χ3v) is 3.06. The van der Waals surface area contributed by atoms with E-state index in [1.807, 2.05) is 0 Å². The average Bonchev–Trinajstić information content (AvgIpc) is 2.65. The molecule has 1 atom stereocenters. The molecule has 1 aromatic heterocycles. The first-order valence-corrected chi connectivity index (χ1v) is 6.23. The van der Waals surface area contributed by atoms with Gasteiger partial charge in [0.2, 0.25) is 5.13 Å². The summed E-state index contributed by atoms with van der Waals surface area (Å²) in [6.45, 7) is 7.14. The molecule has 0 saturated carbocycles. The van der Waals surface area contributed by atoms with Crippen molar-refractivity contribution in [1.82, 2.24) is 9.36 Å². The fourth-order valence-corrected chi connectivity index (χ4v) is 2.08. The van der Waals surface area contributed by atoms with Crippen LogP contribution in [0, 0.1) is 5.92 Å². The number of rotatable bonds is 6. The lowest BCUT2D eigenvalue weighted by atomic mass is 10.0. The highest BCUT2D eigenvalue weighted by atomic mass is 32.1. The van der Waals surface area contributed by atoms with Gasteiger partial charge in [-0.2, -0.15) is 4.37 Å². The van der Waals surface area contributed by atoms with Crippen molar-refractivity contribution in [1.29, 1.82) is 0 Å². The van der Waals surface area contributed by atoms with Crippen molar-refractivity contribution in [2.45, 2.75) is 39.7 Å². The third kappa shape index (κ3) is 3.76. The molecule has 86 valence electrons. The van der Waals surface area contributed by atoms with Crippen LogP contribution in [0.15, 0.2) is 0 Å². The molecular formula is C10H20N4S. The van der Waals surface area contributed by atoms with Crippen molar-refractivity contribution in [3.8, 4) is 0 Å². The Morgan fingerprint density at radius 3 is 2.67 bits per heavy atom. The van der Waals surface area contributed by atoms with Gasteiger partial charge < -0.3 is 11.1 Å². The van der Waals surface area contributed by atoms with Crippen molar-refractivity contribution in [3.63, 3.8) is 0 Å². The third-order valence-electron chi connectivity index (χ3n) is 2.38. The van der Waals surface area contributed by atoms with E-state index >= 15 is 0 Å². The van der Waals surface area contributed by atoms with E-state index in [-0.39, 0.29) is 0 Å². The lowest BCUT2D eigenvalue weighted by Gasteiger charge is -2.20. The summed E-state index contributed by atoms with van der Waals surface area (Å²) in [5.41, 5.74) is 5.58. The lowest BCUT2D eigenvalue weighted by molar-refractivity contribution is 0.498. The summed E-state index contributed by atoms with van der Waals surface area (Å²) < 4.78 is 4.24. The van der Waals surface area contributed by atoms with E-state index in [1.165, 1.54) is 11.5 Å². The molecule has 0 aliphatic heterocycles. The maximum atomic E-state index is 5.58. The van der Waals surface area contributed by atoms with Crippen molar-refractivity contribution < 1.29 is 0 Å². The van der Waals surface area contributed by atoms with Gasteiger partial charge in [0.15, 0.2) is 0 Å². The zero-order valence-electron chi connectivity index (χ0n) is 9.66. The number of nitrogens with zero attached hydrogens (tertiary/aromatic N) is 2. The highest BCUT2D eigenvalue weighted by Gasteiger charge is 2.14. The standard InChI is InChI=1S/C10H20N4S/c1-4-9-13-10(15-14-9)12-8(5-6-11)7(2)3/h7-8H,4-6,11H2,1-3H3,(H,12,13,14). The Morgan fingerprint density at radius 1 is 1.47 bits per heavy atom. The Kier molecular flexibility index (Phi) is 4.98. The molecule has 0 aliphatic rings. The predicted octanol–water partition coefficient (Wildman–Crippen LogP) is 1.89. The first-order valence-electron chi connectivity index (χ1n) is 5.46. The van der Waals surface area contributed by atoms with Crippen LogP contribution < -0.4 is 11.1 Å². The largest absolute Gasteiger partial charge is 0.357 e. The molecule has 0 aliphatic carbocycles. The van der Waals surface area contributed by atoms with Crippen LogP contribution in [0.5, 0.6) is 0 Å². The van der Waals surface area contributed by atoms with Crippen LogP contribution in [-0.4, -0.2) is 21.9 Å². The van der Waals surface area contributed by atoms with Crippen LogP contribution in [0.3, 0.4) is 0 Å². The van der Waals surface area contributed by atoms with E-state index in [1.54, 1.807) is 0 Å². The zero-order chi connectivity index (χ0) is 11.3. The van der Waals surface area contributed by atoms with Gasteiger partial charge in [0.1, 0.15) is 5.82 Å². The molecular weight excluding hydrogens is 208 g/mol. The molecule has 1 heterocycles. The average molecular weight is 228 g/mol. The van der Waals surface area contributed by atoms with Crippen LogP contribution in [0.25, 0.3) is 0 Å². The van der Waals surface area contributed by atoms with Gasteiger partial charge in [-0.15, -0.1) is 0 Å². The number of anilines is 1. The summed E-state index contributed by atoms with van der Waals surface area (Å²) in [6, 6.07) is 0.396. The minimum Gasteiger partial charge on any atom is -0.357 e. The summed E-state index contributed by atoms with van der Waals surface area (Å²) >= 11 is 1.43. The van der Waals surface area contributed by atoms with E-state index in [4.69, 9.17) is 5.73 Å². The molecule has 1 aromatic rings. The molecule has 0 spiro atoms. The van der Waals surface area contributed by atoms with Crippen molar-refractivity contribution in [2.24, 2.45) is 11.7 Å². The summed E-state index contributed by atoms with van der Waals surface area (Å²) in [5.74, 6) is 1.47. The summed E-state index contributed by atoms with van der Waals surface area (Å²) in [7, 11) is 0. The van der Waals surface area contributed by atoms with Gasteiger partial charge >= 0.3 is 0 Å². The minimum absolute atomic E-state index is 0.396. The van der Waals surface area contributed by atoms with Gasteiger partial charge in [-0.1, -0.05) is 20.8 Å². The van der Waals surface area contributed by atoms with E-state index in [0.717, 1.165) is 23.8 Å². The summed E-state index contributed by atoms with van der Waals surface area (Å²) in [5, 5.41) is 4.31. The molecule has 0 fully saturated rings. The molecule has 5 heteroatoms. The zero-order valence-corrected chi connectivity index (χ0v) is 10.5. The van der Waals surface area contributed by atoms with Crippen LogP contribution in [0.1, 0.15) is 33.0 Å². The molecule has 0 bridgehead atoms. The SMILES string of the molecule is CCc1nsc(NC(CCN)C(C)C)n1. The van der Waals surface area contributed by atoms with Crippen molar-refractivity contribution >= 4 is 16.7 Å². The Labute approximate surface area is 95.5 Å². The molecule has 0 saturated heterocycles. The number of aryl methyl sites for hydroxylation is 1. The van der Waals surface area contributed by atoms with E-state index in [9.17, 15) is 0 Å². The predicted molar refractivity (Wildman–Crippen MR) is 65.2 cm³/mol. The highest BCUT2D eigenvalue weighted by Crippen LogP contribution is 2.17. The van der Waals surface area contributed by atoms with Crippen LogP contribution >= 0.6 is 11.5 Å². The van der Waals surface area contributed by atoms with Crippen LogP contribution in [0.2, 0.25) is 0 Å². The van der Waals surface area contributed by atoms with Gasteiger partial charge in [-0.25, -0.2) is 4.98 Å². The maximum Gasteiger partial charge on any atom is 0.202 e. The fraction of sp³-hybridized carbons (Fsp3) is 0.800. The topological polar surface area (TPSA) is 63.8 Å². The number of hydrogen-bond acceptors (Lipinski definition) is 5. The number of hydrogen-bond donors (Lipinski definition) is 2. The van der Waals surface area contributed by atoms with Gasteiger partial charge in [0.25, 0.3) is 0 Å². The fourth-order valence-electron chi connectivity index (χ4n) is 1.37. The second-order valence-electron chi connectivity index (χ2n) is 3.94. The minimum atomic E-state index is 0.396. The molecule has 0 radical (unpaired) electrons. The summed E-state index contributed by atoms with van der Waals surface area (Å²) in [4.78, 5) is 4.39. The Hall–Kier alpha value is -0.680. The smallest absolute Gasteiger partial charge is 0.202 e. The monoisotopic (exact) mass is 228 g/mol. The summed E-state index contributed by atoms with van der Waals surface area (Å²) in [6.07, 6.45) is 1.86. The Bertz CT molecular complexity index is 285. The Balaban J connectivity index is 2.57. The number of nitrogens with one attached hydrogen (secondary N) is 1. The van der Waals surface area contributed by atoms with Crippen LogP contribution in [-0.2, 0) is 6.42 Å². The second-order valence-corrected chi connectivity index (χ2v) is 4.69. The quantitative estimate of drug-likeness (QED) is 0.780. The number of nitrogens with two attached hydrogens (primary N) is 1. The van der Waals surface area contributed by atoms with Crippen molar-refractivity contribution in [2.75, 3.05) is 11.9 Å². The first-order chi connectivity index (χ1) is 7.17. The normalized spacial score (nSPS) is 13.1. The molecule has 1 unspecified atom stereocenters. The lowest BCUT2D eigenvalue weighted by Crippen LogP contribution is -2.28. The highest BCUT2D eigenvalue weighted by molar-refractivity contribution is 7.09. The van der Waals surface area contributed by atoms with E-state index < -0.39 is 0 Å². The number of aromatic nitrogens is 2. The maximum absolute atomic E-state index is 5.58. The van der Waals surface area contributed by atoms with E-state index in [2.05, 4.69) is 35.4 Å². The van der Waals surface area contributed by atoms with Gasteiger partial charge in [-0.3, -0.25) is 0 Å². The Morgan fingerprint density at radius 2 is 2.20 bits per heavy atom. The molecule has 4 nitrogen and oxygen atoms in total. The van der Waals surface area contributed by atoms with Crippen LogP contribution in [0.4, 0.5) is 5.13 Å². The second kappa shape index (κ2) is 6.02. The molecule has 15 heavy (non-hydrogen) atoms. The van der Waals surface area contributed by atoms with Gasteiger partial charge in [0.05, 0.1) is 0 Å². The van der Waals surface area contributed by atoms with Crippen molar-refractivity contribution in [3.05, 3.63) is 5.82 Å². The molecule has 1 rings (SSSR count). The van der Waals surface area contributed by atoms with E-state index in [0.29, 0.717) is 18.5 Å².